The molecule has 1 aromatic rings. The van der Waals surface area contributed by atoms with Gasteiger partial charge in [0.15, 0.2) is 0 Å². The largest absolute Gasteiger partial charge is 0.480 e. The minimum Gasteiger partial charge on any atom is -0.480 e. The molecule has 110 valence electrons. The molecule has 0 spiro atoms. The van der Waals surface area contributed by atoms with Gasteiger partial charge in [0.2, 0.25) is 0 Å². The third-order valence-electron chi connectivity index (χ3n) is 3.79. The van der Waals surface area contributed by atoms with Crippen LogP contribution in [0.25, 0.3) is 0 Å². The van der Waals surface area contributed by atoms with Gasteiger partial charge in [-0.3, -0.25) is 0 Å². The molecule has 0 saturated carbocycles. The maximum absolute atomic E-state index is 11.8. The lowest BCUT2D eigenvalue weighted by atomic mass is 9.83. The fourth-order valence-electron chi connectivity index (χ4n) is 2.49. The van der Waals surface area contributed by atoms with Crippen LogP contribution in [0.2, 0.25) is 5.02 Å². The van der Waals surface area contributed by atoms with Gasteiger partial charge in [-0.15, -0.1) is 0 Å². The zero-order valence-corrected chi connectivity index (χ0v) is 12.5. The lowest BCUT2D eigenvalue weighted by molar-refractivity contribution is -0.149. The average molecular weight is 298 g/mol. The number of nitrogens with one attached hydrogen (secondary N) is 1. The fraction of sp³-hybridized carbons (Fsp3) is 0.533. The third kappa shape index (κ3) is 3.25. The lowest BCUT2D eigenvalue weighted by Crippen LogP contribution is -2.53. The molecule has 1 aliphatic heterocycles. The molecular formula is C15H20ClNO3. The third-order valence-corrected chi connectivity index (χ3v) is 4.04. The van der Waals surface area contributed by atoms with Crippen molar-refractivity contribution in [2.75, 3.05) is 11.9 Å². The molecule has 1 aromatic carbocycles. The predicted molar refractivity (Wildman–Crippen MR) is 79.3 cm³/mol. The van der Waals surface area contributed by atoms with Crippen LogP contribution in [0.3, 0.4) is 0 Å². The number of anilines is 1. The van der Waals surface area contributed by atoms with Gasteiger partial charge in [-0.05, 0) is 30.2 Å². The van der Waals surface area contributed by atoms with Crippen molar-refractivity contribution in [2.45, 2.75) is 38.3 Å². The SMILES string of the molecule is CC(C)C1CC(Nc2ccc(Cl)cc2)(C(=O)O)CCO1. The Balaban J connectivity index is 2.21. The van der Waals surface area contributed by atoms with Crippen LogP contribution in [-0.2, 0) is 9.53 Å². The molecule has 0 aliphatic carbocycles. The summed E-state index contributed by atoms with van der Waals surface area (Å²) in [5, 5.41) is 13.5. The fourth-order valence-corrected chi connectivity index (χ4v) is 2.61. The smallest absolute Gasteiger partial charge is 0.329 e. The molecule has 1 fully saturated rings. The van der Waals surface area contributed by atoms with Crippen LogP contribution in [0.1, 0.15) is 26.7 Å². The average Bonchev–Trinajstić information content (AvgIpc) is 2.41. The number of hydrogen-bond acceptors (Lipinski definition) is 3. The quantitative estimate of drug-likeness (QED) is 0.894. The summed E-state index contributed by atoms with van der Waals surface area (Å²) in [6.07, 6.45) is 0.872. The van der Waals surface area contributed by atoms with Crippen molar-refractivity contribution in [3.63, 3.8) is 0 Å². The predicted octanol–water partition coefficient (Wildman–Crippen LogP) is 3.41. The number of carboxylic acid groups (broad SMARTS) is 1. The zero-order chi connectivity index (χ0) is 14.8. The first-order valence-electron chi connectivity index (χ1n) is 6.82. The van der Waals surface area contributed by atoms with Crippen LogP contribution >= 0.6 is 11.6 Å². The van der Waals surface area contributed by atoms with Crippen LogP contribution < -0.4 is 5.32 Å². The number of aliphatic carboxylic acids is 1. The molecule has 0 amide bonds. The molecule has 0 aromatic heterocycles. The van der Waals surface area contributed by atoms with Crippen LogP contribution in [0.5, 0.6) is 0 Å². The van der Waals surface area contributed by atoms with E-state index in [1.54, 1.807) is 24.3 Å². The standard InChI is InChI=1S/C15H20ClNO3/c1-10(2)13-9-15(14(18)19,7-8-20-13)17-12-5-3-11(16)4-6-12/h3-6,10,13,17H,7-9H2,1-2H3,(H,18,19). The summed E-state index contributed by atoms with van der Waals surface area (Å²) in [7, 11) is 0. The van der Waals surface area contributed by atoms with Gasteiger partial charge in [0.1, 0.15) is 5.54 Å². The van der Waals surface area contributed by atoms with E-state index in [0.29, 0.717) is 30.4 Å². The summed E-state index contributed by atoms with van der Waals surface area (Å²) in [4.78, 5) is 11.8. The second kappa shape index (κ2) is 6.02. The Morgan fingerprint density at radius 1 is 1.45 bits per heavy atom. The topological polar surface area (TPSA) is 58.6 Å². The Hall–Kier alpha value is -1.26. The van der Waals surface area contributed by atoms with Gasteiger partial charge in [0.05, 0.1) is 6.10 Å². The number of ether oxygens (including phenoxy) is 1. The van der Waals surface area contributed by atoms with Gasteiger partial charge in [-0.1, -0.05) is 25.4 Å². The molecule has 0 bridgehead atoms. The Bertz CT molecular complexity index is 475. The summed E-state index contributed by atoms with van der Waals surface area (Å²) in [5.74, 6) is -0.539. The van der Waals surface area contributed by atoms with E-state index in [0.717, 1.165) is 5.69 Å². The first kappa shape index (κ1) is 15.1. The first-order chi connectivity index (χ1) is 9.43. The number of carboxylic acids is 1. The maximum Gasteiger partial charge on any atom is 0.329 e. The molecule has 20 heavy (non-hydrogen) atoms. The number of hydrogen-bond donors (Lipinski definition) is 2. The van der Waals surface area contributed by atoms with Crippen molar-refractivity contribution in [1.29, 1.82) is 0 Å². The number of halogens is 1. The van der Waals surface area contributed by atoms with Gasteiger partial charge < -0.3 is 15.2 Å². The van der Waals surface area contributed by atoms with E-state index < -0.39 is 11.5 Å². The highest BCUT2D eigenvalue weighted by Gasteiger charge is 2.44. The Morgan fingerprint density at radius 2 is 2.10 bits per heavy atom. The number of carbonyl (C=O) groups is 1. The molecule has 2 N–H and O–H groups in total. The van der Waals surface area contributed by atoms with Crippen molar-refractivity contribution in [3.05, 3.63) is 29.3 Å². The normalized spacial score (nSPS) is 26.5. The summed E-state index contributed by atoms with van der Waals surface area (Å²) >= 11 is 5.85. The summed E-state index contributed by atoms with van der Waals surface area (Å²) in [5.41, 5.74) is -0.206. The van der Waals surface area contributed by atoms with Gasteiger partial charge >= 0.3 is 5.97 Å². The molecule has 2 unspecified atom stereocenters. The minimum absolute atomic E-state index is 0.0420. The molecule has 1 heterocycles. The Kier molecular flexibility index (Phi) is 4.55. The van der Waals surface area contributed by atoms with E-state index >= 15 is 0 Å². The van der Waals surface area contributed by atoms with Crippen LogP contribution in [0, 0.1) is 5.92 Å². The van der Waals surface area contributed by atoms with E-state index in [-0.39, 0.29) is 6.10 Å². The summed E-state index contributed by atoms with van der Waals surface area (Å²) in [6.45, 7) is 4.55. The molecule has 5 heteroatoms. The minimum atomic E-state index is -0.971. The first-order valence-corrected chi connectivity index (χ1v) is 7.19. The van der Waals surface area contributed by atoms with Crippen LogP contribution in [-0.4, -0.2) is 29.3 Å². The van der Waals surface area contributed by atoms with Crippen molar-refractivity contribution >= 4 is 23.3 Å². The van der Waals surface area contributed by atoms with Crippen molar-refractivity contribution < 1.29 is 14.6 Å². The molecule has 1 saturated heterocycles. The molecule has 2 atom stereocenters. The Morgan fingerprint density at radius 3 is 2.65 bits per heavy atom. The highest BCUT2D eigenvalue weighted by atomic mass is 35.5. The van der Waals surface area contributed by atoms with Crippen molar-refractivity contribution in [2.24, 2.45) is 5.92 Å². The molecule has 0 radical (unpaired) electrons. The number of rotatable bonds is 4. The Labute approximate surface area is 124 Å². The van der Waals surface area contributed by atoms with Crippen molar-refractivity contribution in [1.82, 2.24) is 0 Å². The summed E-state index contributed by atoms with van der Waals surface area (Å²) < 4.78 is 5.68. The molecular weight excluding hydrogens is 278 g/mol. The highest BCUT2D eigenvalue weighted by Crippen LogP contribution is 2.32. The van der Waals surface area contributed by atoms with Gasteiger partial charge in [0.25, 0.3) is 0 Å². The van der Waals surface area contributed by atoms with Crippen LogP contribution in [0.15, 0.2) is 24.3 Å². The van der Waals surface area contributed by atoms with Crippen LogP contribution in [0.4, 0.5) is 5.69 Å². The van der Waals surface area contributed by atoms with E-state index in [2.05, 4.69) is 5.32 Å². The lowest BCUT2D eigenvalue weighted by Gasteiger charge is -2.40. The zero-order valence-electron chi connectivity index (χ0n) is 11.7. The van der Waals surface area contributed by atoms with E-state index in [4.69, 9.17) is 16.3 Å². The van der Waals surface area contributed by atoms with Gasteiger partial charge in [0, 0.05) is 30.2 Å². The van der Waals surface area contributed by atoms with E-state index in [9.17, 15) is 9.90 Å². The molecule has 2 rings (SSSR count). The second-order valence-corrected chi connectivity index (χ2v) is 6.06. The van der Waals surface area contributed by atoms with Gasteiger partial charge in [-0.25, -0.2) is 4.79 Å². The monoisotopic (exact) mass is 297 g/mol. The number of benzene rings is 1. The maximum atomic E-state index is 11.8. The molecule has 1 aliphatic rings. The van der Waals surface area contributed by atoms with Gasteiger partial charge in [-0.2, -0.15) is 0 Å². The highest BCUT2D eigenvalue weighted by molar-refractivity contribution is 6.30. The second-order valence-electron chi connectivity index (χ2n) is 5.63. The van der Waals surface area contributed by atoms with E-state index in [1.165, 1.54) is 0 Å². The summed E-state index contributed by atoms with van der Waals surface area (Å²) in [6, 6.07) is 7.09. The molecule has 4 nitrogen and oxygen atoms in total. The van der Waals surface area contributed by atoms with Crippen molar-refractivity contribution in [3.8, 4) is 0 Å². The van der Waals surface area contributed by atoms with E-state index in [1.807, 2.05) is 13.8 Å².